The molecule has 1 heterocycles. The average molecular weight is 193 g/mol. The van der Waals surface area contributed by atoms with Crippen molar-refractivity contribution in [1.82, 2.24) is 15.3 Å². The quantitative estimate of drug-likeness (QED) is 0.797. The molecular weight excluding hydrogens is 174 g/mol. The van der Waals surface area contributed by atoms with Gasteiger partial charge in [0.2, 0.25) is 0 Å². The van der Waals surface area contributed by atoms with Crippen LogP contribution in [0, 0.1) is 12.3 Å². The fraction of sp³-hybridized carbons (Fsp3) is 0.636. The predicted molar refractivity (Wildman–Crippen MR) is 57.9 cm³/mol. The lowest BCUT2D eigenvalue weighted by Gasteiger charge is -2.18. The standard InChI is InChI=1S/C11H19N3/c1-9-5-10(14-8-13-9)6-12-7-11(2,3)4/h5,8,12H,6-7H2,1-4H3. The lowest BCUT2D eigenvalue weighted by Crippen LogP contribution is -2.26. The molecule has 1 aromatic rings. The molecule has 0 aliphatic carbocycles. The monoisotopic (exact) mass is 193 g/mol. The van der Waals surface area contributed by atoms with Crippen LogP contribution in [0.15, 0.2) is 12.4 Å². The molecule has 14 heavy (non-hydrogen) atoms. The summed E-state index contributed by atoms with van der Waals surface area (Å²) in [5.41, 5.74) is 2.40. The van der Waals surface area contributed by atoms with E-state index in [1.807, 2.05) is 13.0 Å². The molecule has 0 saturated carbocycles. The van der Waals surface area contributed by atoms with E-state index in [9.17, 15) is 0 Å². The summed E-state index contributed by atoms with van der Waals surface area (Å²) in [7, 11) is 0. The molecular formula is C11H19N3. The fourth-order valence-electron chi connectivity index (χ4n) is 1.17. The number of nitrogens with zero attached hydrogens (tertiary/aromatic N) is 2. The Labute approximate surface area is 86.0 Å². The van der Waals surface area contributed by atoms with E-state index in [1.54, 1.807) is 6.33 Å². The van der Waals surface area contributed by atoms with E-state index in [4.69, 9.17) is 0 Å². The molecule has 1 N–H and O–H groups in total. The Hall–Kier alpha value is -0.960. The van der Waals surface area contributed by atoms with E-state index in [0.29, 0.717) is 5.41 Å². The summed E-state index contributed by atoms with van der Waals surface area (Å²) in [6.07, 6.45) is 1.61. The second-order valence-corrected chi connectivity index (χ2v) is 4.81. The highest BCUT2D eigenvalue weighted by Gasteiger charge is 2.08. The van der Waals surface area contributed by atoms with Crippen molar-refractivity contribution in [3.8, 4) is 0 Å². The third-order valence-corrected chi connectivity index (χ3v) is 1.82. The Morgan fingerprint density at radius 3 is 2.57 bits per heavy atom. The zero-order valence-corrected chi connectivity index (χ0v) is 9.46. The summed E-state index contributed by atoms with van der Waals surface area (Å²) in [6.45, 7) is 10.4. The molecule has 0 aromatic carbocycles. The van der Waals surface area contributed by atoms with E-state index in [-0.39, 0.29) is 0 Å². The molecule has 0 atom stereocenters. The number of nitrogens with one attached hydrogen (secondary N) is 1. The molecule has 1 rings (SSSR count). The van der Waals surface area contributed by atoms with Gasteiger partial charge in [-0.2, -0.15) is 0 Å². The largest absolute Gasteiger partial charge is 0.311 e. The van der Waals surface area contributed by atoms with Crippen molar-refractivity contribution in [3.63, 3.8) is 0 Å². The molecule has 3 nitrogen and oxygen atoms in total. The van der Waals surface area contributed by atoms with Crippen LogP contribution in [0.5, 0.6) is 0 Å². The van der Waals surface area contributed by atoms with Crippen LogP contribution in [0.1, 0.15) is 32.2 Å². The summed E-state index contributed by atoms with van der Waals surface area (Å²) < 4.78 is 0. The maximum absolute atomic E-state index is 4.19. The van der Waals surface area contributed by atoms with Gasteiger partial charge in [-0.25, -0.2) is 9.97 Å². The molecule has 1 aromatic heterocycles. The lowest BCUT2D eigenvalue weighted by molar-refractivity contribution is 0.378. The van der Waals surface area contributed by atoms with Crippen LogP contribution in [-0.4, -0.2) is 16.5 Å². The Morgan fingerprint density at radius 1 is 1.29 bits per heavy atom. The van der Waals surface area contributed by atoms with Crippen LogP contribution < -0.4 is 5.32 Å². The highest BCUT2D eigenvalue weighted by Crippen LogP contribution is 2.10. The van der Waals surface area contributed by atoms with E-state index >= 15 is 0 Å². The van der Waals surface area contributed by atoms with Crippen LogP contribution >= 0.6 is 0 Å². The molecule has 0 unspecified atom stereocenters. The van der Waals surface area contributed by atoms with Crippen molar-refractivity contribution < 1.29 is 0 Å². The molecule has 0 spiro atoms. The zero-order valence-electron chi connectivity index (χ0n) is 9.46. The van der Waals surface area contributed by atoms with Gasteiger partial charge in [0.15, 0.2) is 0 Å². The third-order valence-electron chi connectivity index (χ3n) is 1.82. The van der Waals surface area contributed by atoms with Crippen molar-refractivity contribution in [1.29, 1.82) is 0 Å². The number of rotatable bonds is 3. The van der Waals surface area contributed by atoms with Crippen molar-refractivity contribution >= 4 is 0 Å². The van der Waals surface area contributed by atoms with Gasteiger partial charge in [-0.1, -0.05) is 20.8 Å². The fourth-order valence-corrected chi connectivity index (χ4v) is 1.17. The molecule has 3 heteroatoms. The summed E-state index contributed by atoms with van der Waals surface area (Å²) in [4.78, 5) is 8.24. The highest BCUT2D eigenvalue weighted by atomic mass is 14.9. The first kappa shape index (κ1) is 11.1. The van der Waals surface area contributed by atoms with Crippen molar-refractivity contribution in [2.75, 3.05) is 6.54 Å². The Balaban J connectivity index is 2.39. The van der Waals surface area contributed by atoms with Crippen LogP contribution in [0.3, 0.4) is 0 Å². The summed E-state index contributed by atoms with van der Waals surface area (Å²) >= 11 is 0. The summed E-state index contributed by atoms with van der Waals surface area (Å²) in [5.74, 6) is 0. The molecule has 0 fully saturated rings. The third kappa shape index (κ3) is 4.33. The minimum absolute atomic E-state index is 0.322. The number of hydrogen-bond donors (Lipinski definition) is 1. The topological polar surface area (TPSA) is 37.8 Å². The van der Waals surface area contributed by atoms with Crippen LogP contribution in [0.25, 0.3) is 0 Å². The molecule has 0 amide bonds. The van der Waals surface area contributed by atoms with E-state index in [1.165, 1.54) is 0 Å². The first-order valence-electron chi connectivity index (χ1n) is 4.96. The normalized spacial score (nSPS) is 11.7. The van der Waals surface area contributed by atoms with Gasteiger partial charge in [-0.15, -0.1) is 0 Å². The maximum atomic E-state index is 4.19. The second kappa shape index (κ2) is 4.51. The summed E-state index contributed by atoms with van der Waals surface area (Å²) in [6, 6.07) is 2.01. The second-order valence-electron chi connectivity index (χ2n) is 4.81. The average Bonchev–Trinajstić information content (AvgIpc) is 2.01. The maximum Gasteiger partial charge on any atom is 0.115 e. The molecule has 0 bridgehead atoms. The Bertz CT molecular complexity index is 289. The van der Waals surface area contributed by atoms with E-state index in [0.717, 1.165) is 24.5 Å². The van der Waals surface area contributed by atoms with E-state index < -0.39 is 0 Å². The van der Waals surface area contributed by atoms with Crippen molar-refractivity contribution in [3.05, 3.63) is 23.8 Å². The highest BCUT2D eigenvalue weighted by molar-refractivity contribution is 5.05. The zero-order chi connectivity index (χ0) is 10.6. The van der Waals surface area contributed by atoms with Gasteiger partial charge < -0.3 is 5.32 Å². The minimum Gasteiger partial charge on any atom is -0.311 e. The lowest BCUT2D eigenvalue weighted by atomic mass is 9.97. The van der Waals surface area contributed by atoms with Crippen LogP contribution in [0.2, 0.25) is 0 Å². The smallest absolute Gasteiger partial charge is 0.115 e. The molecule has 0 radical (unpaired) electrons. The van der Waals surface area contributed by atoms with Gasteiger partial charge in [0.25, 0.3) is 0 Å². The number of aryl methyl sites for hydroxylation is 1. The Morgan fingerprint density at radius 2 is 2.00 bits per heavy atom. The van der Waals surface area contributed by atoms with E-state index in [2.05, 4.69) is 36.1 Å². The number of hydrogen-bond acceptors (Lipinski definition) is 3. The summed E-state index contributed by atoms with van der Waals surface area (Å²) in [5, 5.41) is 3.38. The van der Waals surface area contributed by atoms with Gasteiger partial charge >= 0.3 is 0 Å². The van der Waals surface area contributed by atoms with Crippen LogP contribution in [0.4, 0.5) is 0 Å². The molecule has 0 saturated heterocycles. The minimum atomic E-state index is 0.322. The molecule has 0 aliphatic rings. The molecule has 78 valence electrons. The number of aromatic nitrogens is 2. The van der Waals surface area contributed by atoms with Gasteiger partial charge in [0.1, 0.15) is 6.33 Å². The van der Waals surface area contributed by atoms with Crippen molar-refractivity contribution in [2.45, 2.75) is 34.2 Å². The SMILES string of the molecule is Cc1cc(CNCC(C)(C)C)ncn1. The van der Waals surface area contributed by atoms with Crippen LogP contribution in [-0.2, 0) is 6.54 Å². The Kier molecular flexibility index (Phi) is 3.58. The first-order valence-corrected chi connectivity index (χ1v) is 4.96. The van der Waals surface area contributed by atoms with Gasteiger partial charge in [-0.3, -0.25) is 0 Å². The first-order chi connectivity index (χ1) is 6.47. The van der Waals surface area contributed by atoms with Gasteiger partial charge in [-0.05, 0) is 18.4 Å². The van der Waals surface area contributed by atoms with Crippen molar-refractivity contribution in [2.24, 2.45) is 5.41 Å². The van der Waals surface area contributed by atoms with Gasteiger partial charge in [0.05, 0.1) is 5.69 Å². The van der Waals surface area contributed by atoms with Gasteiger partial charge in [0, 0.05) is 18.8 Å². The predicted octanol–water partition coefficient (Wildman–Crippen LogP) is 1.92. The molecule has 0 aliphatic heterocycles.